The van der Waals surface area contributed by atoms with E-state index in [2.05, 4.69) is 43.9 Å². The van der Waals surface area contributed by atoms with Crippen LogP contribution in [0.4, 0.5) is 0 Å². The number of allylic oxidation sites excluding steroid dienone is 2. The lowest BCUT2D eigenvalue weighted by Crippen LogP contribution is -2.46. The van der Waals surface area contributed by atoms with E-state index in [-0.39, 0.29) is 0 Å². The molecule has 1 heterocycles. The zero-order valence-corrected chi connectivity index (χ0v) is 10.2. The smallest absolute Gasteiger partial charge is 0.0308 e. The molecule has 0 spiro atoms. The number of hydrogen-bond acceptors (Lipinski definition) is 2. The molecule has 2 rings (SSSR count). The second kappa shape index (κ2) is 4.28. The Morgan fingerprint density at radius 1 is 1.43 bits per heavy atom. The van der Waals surface area contributed by atoms with Crippen LogP contribution in [-0.4, -0.2) is 17.3 Å². The van der Waals surface area contributed by atoms with E-state index in [4.69, 9.17) is 0 Å². The Morgan fingerprint density at radius 3 is 2.93 bits per heavy atom. The van der Waals surface area contributed by atoms with Gasteiger partial charge < -0.3 is 5.32 Å². The van der Waals surface area contributed by atoms with Crippen LogP contribution in [0.25, 0.3) is 0 Å². The first-order chi connectivity index (χ1) is 6.66. The van der Waals surface area contributed by atoms with Crippen LogP contribution in [0.2, 0.25) is 0 Å². The van der Waals surface area contributed by atoms with Crippen molar-refractivity contribution in [2.75, 3.05) is 0 Å². The van der Waals surface area contributed by atoms with Gasteiger partial charge in [-0.3, -0.25) is 0 Å². The Morgan fingerprint density at radius 2 is 2.21 bits per heavy atom. The fourth-order valence-electron chi connectivity index (χ4n) is 2.71. The molecule has 0 aromatic heterocycles. The van der Waals surface area contributed by atoms with Crippen molar-refractivity contribution in [3.63, 3.8) is 0 Å². The molecule has 0 saturated heterocycles. The van der Waals surface area contributed by atoms with Crippen molar-refractivity contribution in [1.29, 1.82) is 0 Å². The standard InChI is InChI=1S/C12H21NS/c1-8(2)13-11-6-4-5-10-7-9(3)14-12(10)11/h7-8,10-13H,4-6H2,1-3H3. The van der Waals surface area contributed by atoms with E-state index in [0.29, 0.717) is 6.04 Å². The average Bonchev–Trinajstić information content (AvgIpc) is 2.45. The van der Waals surface area contributed by atoms with E-state index >= 15 is 0 Å². The molecule has 80 valence electrons. The zero-order chi connectivity index (χ0) is 10.1. The number of nitrogens with one attached hydrogen (secondary N) is 1. The Hall–Kier alpha value is 0.0500. The average molecular weight is 211 g/mol. The summed E-state index contributed by atoms with van der Waals surface area (Å²) in [6.07, 6.45) is 6.66. The molecule has 3 atom stereocenters. The van der Waals surface area contributed by atoms with E-state index in [1.807, 2.05) is 0 Å². The third-order valence-electron chi connectivity index (χ3n) is 3.19. The summed E-state index contributed by atoms with van der Waals surface area (Å²) in [5, 5.41) is 4.54. The van der Waals surface area contributed by atoms with Crippen LogP contribution in [0.15, 0.2) is 11.0 Å². The fourth-order valence-corrected chi connectivity index (χ4v) is 4.16. The first kappa shape index (κ1) is 10.6. The molecule has 14 heavy (non-hydrogen) atoms. The molecule has 1 saturated carbocycles. The summed E-state index contributed by atoms with van der Waals surface area (Å²) in [5.41, 5.74) is 0. The van der Waals surface area contributed by atoms with Gasteiger partial charge in [0.2, 0.25) is 0 Å². The van der Waals surface area contributed by atoms with Crippen LogP contribution in [-0.2, 0) is 0 Å². The van der Waals surface area contributed by atoms with Crippen molar-refractivity contribution in [3.8, 4) is 0 Å². The molecule has 1 N–H and O–H groups in total. The highest BCUT2D eigenvalue weighted by molar-refractivity contribution is 8.03. The summed E-state index contributed by atoms with van der Waals surface area (Å²) < 4.78 is 0. The second-order valence-electron chi connectivity index (χ2n) is 4.88. The highest BCUT2D eigenvalue weighted by Crippen LogP contribution is 2.44. The maximum Gasteiger partial charge on any atom is 0.0308 e. The molecule has 2 aliphatic rings. The minimum atomic E-state index is 0.625. The van der Waals surface area contributed by atoms with E-state index in [1.54, 1.807) is 0 Å². The van der Waals surface area contributed by atoms with Gasteiger partial charge in [0.25, 0.3) is 0 Å². The first-order valence-corrected chi connectivity index (χ1v) is 6.66. The van der Waals surface area contributed by atoms with E-state index in [9.17, 15) is 0 Å². The summed E-state index contributed by atoms with van der Waals surface area (Å²) >= 11 is 2.10. The van der Waals surface area contributed by atoms with Crippen LogP contribution in [0.5, 0.6) is 0 Å². The summed E-state index contributed by atoms with van der Waals surface area (Å²) in [7, 11) is 0. The molecule has 1 aliphatic carbocycles. The van der Waals surface area contributed by atoms with Gasteiger partial charge in [0, 0.05) is 17.3 Å². The van der Waals surface area contributed by atoms with Crippen LogP contribution in [0, 0.1) is 5.92 Å². The van der Waals surface area contributed by atoms with Gasteiger partial charge >= 0.3 is 0 Å². The Balaban J connectivity index is 1.99. The molecule has 3 unspecified atom stereocenters. The van der Waals surface area contributed by atoms with E-state index < -0.39 is 0 Å². The maximum absolute atomic E-state index is 3.72. The SMILES string of the molecule is CC1=CC2CCCC(NC(C)C)C2S1. The summed E-state index contributed by atoms with van der Waals surface area (Å²) in [6.45, 7) is 6.77. The van der Waals surface area contributed by atoms with Crippen molar-refractivity contribution in [2.24, 2.45) is 5.92 Å². The monoisotopic (exact) mass is 211 g/mol. The van der Waals surface area contributed by atoms with Crippen molar-refractivity contribution in [2.45, 2.75) is 57.4 Å². The Bertz CT molecular complexity index is 234. The number of rotatable bonds is 2. The molecule has 1 nitrogen and oxygen atoms in total. The molecule has 0 aromatic rings. The lowest BCUT2D eigenvalue weighted by Gasteiger charge is -2.35. The van der Waals surface area contributed by atoms with Crippen LogP contribution < -0.4 is 5.32 Å². The fraction of sp³-hybridized carbons (Fsp3) is 0.833. The Labute approximate surface area is 91.7 Å². The number of hydrogen-bond donors (Lipinski definition) is 1. The van der Waals surface area contributed by atoms with Gasteiger partial charge in [-0.25, -0.2) is 0 Å². The molecule has 1 aliphatic heterocycles. The van der Waals surface area contributed by atoms with E-state index in [0.717, 1.165) is 17.2 Å². The van der Waals surface area contributed by atoms with Crippen molar-refractivity contribution >= 4 is 11.8 Å². The van der Waals surface area contributed by atoms with Gasteiger partial charge in [0.15, 0.2) is 0 Å². The molecule has 2 heteroatoms. The van der Waals surface area contributed by atoms with Crippen LogP contribution >= 0.6 is 11.8 Å². The highest BCUT2D eigenvalue weighted by atomic mass is 32.2. The second-order valence-corrected chi connectivity index (χ2v) is 6.31. The van der Waals surface area contributed by atoms with Crippen molar-refractivity contribution < 1.29 is 0 Å². The summed E-state index contributed by atoms with van der Waals surface area (Å²) in [6, 6.07) is 1.37. The molecular formula is C12H21NS. The first-order valence-electron chi connectivity index (χ1n) is 5.78. The minimum absolute atomic E-state index is 0.625. The Kier molecular flexibility index (Phi) is 3.23. The van der Waals surface area contributed by atoms with Crippen molar-refractivity contribution in [3.05, 3.63) is 11.0 Å². The van der Waals surface area contributed by atoms with Crippen LogP contribution in [0.3, 0.4) is 0 Å². The molecule has 0 aromatic carbocycles. The largest absolute Gasteiger partial charge is 0.311 e. The third kappa shape index (κ3) is 2.17. The van der Waals surface area contributed by atoms with Gasteiger partial charge in [0.1, 0.15) is 0 Å². The lowest BCUT2D eigenvalue weighted by molar-refractivity contribution is 0.322. The zero-order valence-electron chi connectivity index (χ0n) is 9.42. The normalized spacial score (nSPS) is 37.1. The predicted octanol–water partition coefficient (Wildman–Crippen LogP) is 3.17. The van der Waals surface area contributed by atoms with Crippen molar-refractivity contribution in [1.82, 2.24) is 5.32 Å². The molecular weight excluding hydrogens is 190 g/mol. The van der Waals surface area contributed by atoms with Gasteiger partial charge in [-0.05, 0) is 30.6 Å². The van der Waals surface area contributed by atoms with Gasteiger partial charge in [-0.15, -0.1) is 11.8 Å². The highest BCUT2D eigenvalue weighted by Gasteiger charge is 2.36. The van der Waals surface area contributed by atoms with Crippen LogP contribution in [0.1, 0.15) is 40.0 Å². The quantitative estimate of drug-likeness (QED) is 0.753. The predicted molar refractivity (Wildman–Crippen MR) is 64.5 cm³/mol. The molecule has 0 bridgehead atoms. The minimum Gasteiger partial charge on any atom is -0.311 e. The van der Waals surface area contributed by atoms with Gasteiger partial charge in [0.05, 0.1) is 0 Å². The molecule has 0 amide bonds. The summed E-state index contributed by atoms with van der Waals surface area (Å²) in [4.78, 5) is 1.54. The molecule has 0 radical (unpaired) electrons. The van der Waals surface area contributed by atoms with Gasteiger partial charge in [-0.1, -0.05) is 26.3 Å². The topological polar surface area (TPSA) is 12.0 Å². The summed E-state index contributed by atoms with van der Waals surface area (Å²) in [5.74, 6) is 0.852. The maximum atomic E-state index is 3.72. The van der Waals surface area contributed by atoms with Gasteiger partial charge in [-0.2, -0.15) is 0 Å². The lowest BCUT2D eigenvalue weighted by atomic mass is 9.85. The van der Waals surface area contributed by atoms with E-state index in [1.165, 1.54) is 24.2 Å². The third-order valence-corrected chi connectivity index (χ3v) is 4.65. The number of thioether (sulfide) groups is 1. The number of fused-ring (bicyclic) bond motifs is 1. The molecule has 1 fully saturated rings.